The Labute approximate surface area is 108 Å². The van der Waals surface area contributed by atoms with Crippen LogP contribution in [0.1, 0.15) is 5.56 Å². The number of carbonyl (C=O) groups excluding carboxylic acids is 1. The smallest absolute Gasteiger partial charge is 0.322 e. The van der Waals surface area contributed by atoms with Gasteiger partial charge in [-0.25, -0.2) is 0 Å². The third-order valence-electron chi connectivity index (χ3n) is 2.91. The van der Waals surface area contributed by atoms with E-state index in [4.69, 9.17) is 5.73 Å². The maximum atomic E-state index is 11.3. The number of non-ortho nitro benzene ring substituents is 1. The molecular weight excluding hydrogens is 250 g/mol. The minimum absolute atomic E-state index is 0.0122. The highest BCUT2D eigenvalue weighted by Crippen LogP contribution is 2.24. The van der Waals surface area contributed by atoms with E-state index >= 15 is 0 Å². The number of nitrogens with zero attached hydrogens (tertiary/aromatic N) is 1. The molecule has 0 fully saturated rings. The average Bonchev–Trinajstić information content (AvgIpc) is 2.80. The van der Waals surface area contributed by atoms with E-state index in [2.05, 4.69) is 9.72 Å². The summed E-state index contributed by atoms with van der Waals surface area (Å²) in [6.45, 7) is 0. The molecule has 7 heteroatoms. The molecule has 0 saturated heterocycles. The van der Waals surface area contributed by atoms with Crippen LogP contribution >= 0.6 is 0 Å². The van der Waals surface area contributed by atoms with Crippen LogP contribution in [0.5, 0.6) is 0 Å². The maximum absolute atomic E-state index is 11.3. The number of H-pyrrole nitrogens is 1. The summed E-state index contributed by atoms with van der Waals surface area (Å²) in [6, 6.07) is 3.76. The number of methoxy groups -OCH3 is 1. The number of nitro groups is 1. The van der Waals surface area contributed by atoms with Gasteiger partial charge in [-0.05, 0) is 11.6 Å². The van der Waals surface area contributed by atoms with Gasteiger partial charge in [0.25, 0.3) is 5.69 Å². The minimum atomic E-state index is -0.751. The van der Waals surface area contributed by atoms with Crippen LogP contribution in [0.15, 0.2) is 24.4 Å². The standard InChI is InChI=1S/C12H13N3O4/c1-19-12(16)10(13)4-7-6-14-11-5-8(15(17)18)2-3-9(7)11/h2-3,5-6,10,14H,4,13H2,1H3/t10-/m1/s1. The molecule has 0 radical (unpaired) electrons. The highest BCUT2D eigenvalue weighted by Gasteiger charge is 2.17. The quantitative estimate of drug-likeness (QED) is 0.487. The van der Waals surface area contributed by atoms with E-state index < -0.39 is 16.9 Å². The summed E-state index contributed by atoms with van der Waals surface area (Å²) in [5.74, 6) is -0.490. The van der Waals surface area contributed by atoms with Gasteiger partial charge >= 0.3 is 5.97 Å². The lowest BCUT2D eigenvalue weighted by molar-refractivity contribution is -0.384. The Morgan fingerprint density at radius 3 is 2.95 bits per heavy atom. The monoisotopic (exact) mass is 263 g/mol. The van der Waals surface area contributed by atoms with E-state index in [-0.39, 0.29) is 5.69 Å². The molecule has 0 saturated carbocycles. The summed E-state index contributed by atoms with van der Waals surface area (Å²) in [6.07, 6.45) is 2.00. The SMILES string of the molecule is COC(=O)[C@H](N)Cc1c[nH]c2cc([N+](=O)[O-])ccc12. The number of esters is 1. The molecule has 2 aromatic rings. The molecule has 0 unspecified atom stereocenters. The minimum Gasteiger partial charge on any atom is -0.468 e. The van der Waals surface area contributed by atoms with Gasteiger partial charge in [-0.1, -0.05) is 0 Å². The van der Waals surface area contributed by atoms with E-state index in [0.29, 0.717) is 11.9 Å². The molecule has 100 valence electrons. The molecule has 7 nitrogen and oxygen atoms in total. The normalized spacial score (nSPS) is 12.3. The molecular formula is C12H13N3O4. The molecule has 1 atom stereocenters. The van der Waals surface area contributed by atoms with Gasteiger partial charge in [0, 0.05) is 30.1 Å². The van der Waals surface area contributed by atoms with Gasteiger partial charge in [0.05, 0.1) is 17.5 Å². The molecule has 0 aliphatic heterocycles. The molecule has 0 amide bonds. The summed E-state index contributed by atoms with van der Waals surface area (Å²) in [5.41, 5.74) is 7.17. The molecule has 3 N–H and O–H groups in total. The Balaban J connectivity index is 2.31. The van der Waals surface area contributed by atoms with Crippen molar-refractivity contribution >= 4 is 22.6 Å². The van der Waals surface area contributed by atoms with Crippen molar-refractivity contribution in [1.29, 1.82) is 0 Å². The number of rotatable bonds is 4. The van der Waals surface area contributed by atoms with Gasteiger partial charge in [0.1, 0.15) is 6.04 Å². The van der Waals surface area contributed by atoms with E-state index in [1.165, 1.54) is 19.2 Å². The number of aromatic amines is 1. The van der Waals surface area contributed by atoms with Crippen LogP contribution in [-0.4, -0.2) is 29.0 Å². The number of nitro benzene ring substituents is 1. The number of nitrogens with one attached hydrogen (secondary N) is 1. The van der Waals surface area contributed by atoms with Crippen molar-refractivity contribution in [2.45, 2.75) is 12.5 Å². The van der Waals surface area contributed by atoms with Crippen molar-refractivity contribution in [1.82, 2.24) is 4.98 Å². The van der Waals surface area contributed by atoms with Crippen molar-refractivity contribution in [3.63, 3.8) is 0 Å². The van der Waals surface area contributed by atoms with Crippen LogP contribution in [0.4, 0.5) is 5.69 Å². The van der Waals surface area contributed by atoms with E-state index in [1.54, 1.807) is 12.3 Å². The zero-order valence-electron chi connectivity index (χ0n) is 10.3. The molecule has 19 heavy (non-hydrogen) atoms. The summed E-state index contributed by atoms with van der Waals surface area (Å²) in [5, 5.41) is 11.5. The van der Waals surface area contributed by atoms with E-state index in [0.717, 1.165) is 10.9 Å². The number of hydrogen-bond acceptors (Lipinski definition) is 5. The van der Waals surface area contributed by atoms with Crippen molar-refractivity contribution in [2.75, 3.05) is 7.11 Å². The number of aromatic nitrogens is 1. The Kier molecular flexibility index (Phi) is 3.48. The lowest BCUT2D eigenvalue weighted by atomic mass is 10.1. The van der Waals surface area contributed by atoms with Crippen molar-refractivity contribution in [2.24, 2.45) is 5.73 Å². The summed E-state index contributed by atoms with van der Waals surface area (Å²) in [4.78, 5) is 24.4. The fourth-order valence-corrected chi connectivity index (χ4v) is 1.93. The van der Waals surface area contributed by atoms with Gasteiger partial charge in [-0.3, -0.25) is 14.9 Å². The first-order chi connectivity index (χ1) is 9.02. The molecule has 0 spiro atoms. The fourth-order valence-electron chi connectivity index (χ4n) is 1.93. The Hall–Kier alpha value is -2.41. The van der Waals surface area contributed by atoms with Gasteiger partial charge in [-0.2, -0.15) is 0 Å². The predicted octanol–water partition coefficient (Wildman–Crippen LogP) is 1.12. The Bertz CT molecular complexity index is 635. The fraction of sp³-hybridized carbons (Fsp3) is 0.250. The summed E-state index contributed by atoms with van der Waals surface area (Å²) >= 11 is 0. The molecule has 0 aliphatic carbocycles. The highest BCUT2D eigenvalue weighted by molar-refractivity contribution is 5.86. The number of carbonyl (C=O) groups is 1. The van der Waals surface area contributed by atoms with Gasteiger partial charge in [-0.15, -0.1) is 0 Å². The Morgan fingerprint density at radius 2 is 2.32 bits per heavy atom. The lowest BCUT2D eigenvalue weighted by Crippen LogP contribution is -2.33. The number of ether oxygens (including phenoxy) is 1. The number of fused-ring (bicyclic) bond motifs is 1. The third-order valence-corrected chi connectivity index (χ3v) is 2.91. The van der Waals surface area contributed by atoms with Crippen LogP contribution in [0.25, 0.3) is 10.9 Å². The highest BCUT2D eigenvalue weighted by atomic mass is 16.6. The Morgan fingerprint density at radius 1 is 1.58 bits per heavy atom. The zero-order valence-corrected chi connectivity index (χ0v) is 10.3. The second-order valence-electron chi connectivity index (χ2n) is 4.13. The first-order valence-electron chi connectivity index (χ1n) is 5.60. The maximum Gasteiger partial charge on any atom is 0.322 e. The first-order valence-corrected chi connectivity index (χ1v) is 5.60. The molecule has 1 heterocycles. The average molecular weight is 263 g/mol. The first kappa shape index (κ1) is 13.0. The van der Waals surface area contributed by atoms with Crippen molar-refractivity contribution < 1.29 is 14.5 Å². The predicted molar refractivity (Wildman–Crippen MR) is 68.6 cm³/mol. The molecule has 1 aromatic heterocycles. The van der Waals surface area contributed by atoms with Crippen LogP contribution in [0, 0.1) is 10.1 Å². The van der Waals surface area contributed by atoms with E-state index in [9.17, 15) is 14.9 Å². The molecule has 1 aromatic carbocycles. The molecule has 0 bridgehead atoms. The lowest BCUT2D eigenvalue weighted by Gasteiger charge is -2.07. The van der Waals surface area contributed by atoms with Gasteiger partial charge in [0.2, 0.25) is 0 Å². The topological polar surface area (TPSA) is 111 Å². The van der Waals surface area contributed by atoms with Crippen molar-refractivity contribution in [3.05, 3.63) is 40.1 Å². The van der Waals surface area contributed by atoms with Crippen LogP contribution in [-0.2, 0) is 16.0 Å². The number of hydrogen-bond donors (Lipinski definition) is 2. The largest absolute Gasteiger partial charge is 0.468 e. The van der Waals surface area contributed by atoms with Crippen molar-refractivity contribution in [3.8, 4) is 0 Å². The van der Waals surface area contributed by atoms with E-state index in [1.807, 2.05) is 0 Å². The zero-order chi connectivity index (χ0) is 14.0. The van der Waals surface area contributed by atoms with Crippen LogP contribution in [0.3, 0.4) is 0 Å². The van der Waals surface area contributed by atoms with Crippen LogP contribution in [0.2, 0.25) is 0 Å². The summed E-state index contributed by atoms with van der Waals surface area (Å²) in [7, 11) is 1.28. The second-order valence-corrected chi connectivity index (χ2v) is 4.13. The van der Waals surface area contributed by atoms with Crippen LogP contribution < -0.4 is 5.73 Å². The second kappa shape index (κ2) is 5.07. The van der Waals surface area contributed by atoms with Gasteiger partial charge < -0.3 is 15.5 Å². The molecule has 2 rings (SSSR count). The molecule has 0 aliphatic rings. The van der Waals surface area contributed by atoms with Gasteiger partial charge in [0.15, 0.2) is 0 Å². The third kappa shape index (κ3) is 2.55. The summed E-state index contributed by atoms with van der Waals surface area (Å²) < 4.78 is 4.56. The number of nitrogens with two attached hydrogens (primary N) is 1. The number of benzene rings is 1.